The molecular weight excluding hydrogens is 520 g/mol. The first kappa shape index (κ1) is 27.4. The van der Waals surface area contributed by atoms with Gasteiger partial charge in [0.05, 0.1) is 19.9 Å². The fraction of sp³-hybridized carbons (Fsp3) is 0.188. The van der Waals surface area contributed by atoms with Gasteiger partial charge in [0, 0.05) is 6.54 Å². The summed E-state index contributed by atoms with van der Waals surface area (Å²) in [6.45, 7) is 1.90. The summed E-state index contributed by atoms with van der Waals surface area (Å²) in [7, 11) is 1.29. The van der Waals surface area contributed by atoms with Crippen molar-refractivity contribution >= 4 is 34.9 Å². The minimum absolute atomic E-state index is 0.115. The first-order valence-corrected chi connectivity index (χ1v) is 13.1. The Morgan fingerprint density at radius 3 is 2.34 bits per heavy atom. The number of hydrogen-bond acceptors (Lipinski definition) is 7. The molecule has 0 saturated carbocycles. The molecule has 1 aliphatic heterocycles. The van der Waals surface area contributed by atoms with Gasteiger partial charge in [0.2, 0.25) is 0 Å². The van der Waals surface area contributed by atoms with Crippen LogP contribution >= 0.6 is 0 Å². The van der Waals surface area contributed by atoms with Crippen LogP contribution in [0.15, 0.2) is 96.1 Å². The Kier molecular flexibility index (Phi) is 7.69. The second kappa shape index (κ2) is 11.5. The number of ether oxygens (including phenoxy) is 2. The van der Waals surface area contributed by atoms with Crippen molar-refractivity contribution < 1.29 is 23.9 Å². The van der Waals surface area contributed by atoms with E-state index in [1.54, 1.807) is 42.3 Å². The number of hydrogen-bond donors (Lipinski definition) is 1. The molecule has 0 aliphatic carbocycles. The number of benzene rings is 4. The van der Waals surface area contributed by atoms with Gasteiger partial charge in [-0.1, -0.05) is 66.7 Å². The van der Waals surface area contributed by atoms with Crippen LogP contribution in [-0.2, 0) is 33.0 Å². The summed E-state index contributed by atoms with van der Waals surface area (Å²) < 4.78 is 10.1. The Balaban J connectivity index is 1.47. The van der Waals surface area contributed by atoms with Gasteiger partial charge in [-0.05, 0) is 64.2 Å². The highest BCUT2D eigenvalue weighted by Gasteiger charge is 2.55. The van der Waals surface area contributed by atoms with Gasteiger partial charge in [-0.15, -0.1) is 0 Å². The van der Waals surface area contributed by atoms with Gasteiger partial charge >= 0.3 is 12.0 Å². The van der Waals surface area contributed by atoms with Crippen LogP contribution in [0.5, 0.6) is 5.75 Å². The standard InChI is InChI=1S/C32H30N4O5/c1-32(27-12-14-28(15-13-27)41-21-29(37)40-2)30(38)35(31(39)36(32)20-22-6-4-3-5-7-22)19-24-9-11-25-10-8-23(18-34-33)16-26(25)17-24/h3-18H,19-21,33H2,1-2H3. The van der Waals surface area contributed by atoms with Crippen LogP contribution in [-0.4, -0.2) is 47.6 Å². The van der Waals surface area contributed by atoms with Gasteiger partial charge in [-0.3, -0.25) is 9.69 Å². The average Bonchev–Trinajstić information content (AvgIpc) is 3.17. The zero-order valence-electron chi connectivity index (χ0n) is 22.8. The van der Waals surface area contributed by atoms with E-state index in [4.69, 9.17) is 10.6 Å². The van der Waals surface area contributed by atoms with Gasteiger partial charge < -0.3 is 20.2 Å². The van der Waals surface area contributed by atoms with Gasteiger partial charge in [0.25, 0.3) is 5.91 Å². The van der Waals surface area contributed by atoms with Crippen molar-refractivity contribution in [1.82, 2.24) is 9.80 Å². The van der Waals surface area contributed by atoms with Crippen molar-refractivity contribution in [2.75, 3.05) is 13.7 Å². The molecule has 0 spiro atoms. The van der Waals surface area contributed by atoms with Crippen molar-refractivity contribution in [3.05, 3.63) is 113 Å². The minimum Gasteiger partial charge on any atom is -0.482 e. The third-order valence-electron chi connectivity index (χ3n) is 7.34. The van der Waals surface area contributed by atoms with Crippen molar-refractivity contribution in [2.24, 2.45) is 10.9 Å². The number of urea groups is 1. The molecule has 9 nitrogen and oxygen atoms in total. The first-order chi connectivity index (χ1) is 19.8. The number of amides is 3. The summed E-state index contributed by atoms with van der Waals surface area (Å²) in [5, 5.41) is 5.57. The van der Waals surface area contributed by atoms with E-state index < -0.39 is 11.5 Å². The number of methoxy groups -OCH3 is 1. The Morgan fingerprint density at radius 1 is 0.902 bits per heavy atom. The van der Waals surface area contributed by atoms with Crippen LogP contribution in [0.25, 0.3) is 10.8 Å². The Bertz CT molecular complexity index is 1620. The summed E-state index contributed by atoms with van der Waals surface area (Å²) in [5.41, 5.74) is 1.93. The molecule has 2 N–H and O–H groups in total. The number of hydrazone groups is 1. The van der Waals surface area contributed by atoms with Crippen LogP contribution in [0.2, 0.25) is 0 Å². The van der Waals surface area contributed by atoms with E-state index in [2.05, 4.69) is 9.84 Å². The van der Waals surface area contributed by atoms with Crippen molar-refractivity contribution in [1.29, 1.82) is 0 Å². The lowest BCUT2D eigenvalue weighted by atomic mass is 9.89. The maximum absolute atomic E-state index is 14.1. The summed E-state index contributed by atoms with van der Waals surface area (Å²) in [5.74, 6) is 4.93. The number of nitrogens with zero attached hydrogens (tertiary/aromatic N) is 3. The van der Waals surface area contributed by atoms with Crippen molar-refractivity contribution in [3.63, 3.8) is 0 Å². The number of carbonyl (C=O) groups excluding carboxylic acids is 3. The highest BCUT2D eigenvalue weighted by Crippen LogP contribution is 2.40. The van der Waals surface area contributed by atoms with Gasteiger partial charge in [-0.2, -0.15) is 5.10 Å². The summed E-state index contributed by atoms with van der Waals surface area (Å²) in [4.78, 5) is 42.4. The van der Waals surface area contributed by atoms with E-state index in [-0.39, 0.29) is 31.6 Å². The fourth-order valence-electron chi connectivity index (χ4n) is 5.05. The molecule has 5 rings (SSSR count). The molecule has 1 fully saturated rings. The largest absolute Gasteiger partial charge is 0.482 e. The molecule has 208 valence electrons. The van der Waals surface area contributed by atoms with Crippen LogP contribution in [0, 0.1) is 0 Å². The lowest BCUT2D eigenvalue weighted by molar-refractivity contribution is -0.142. The Hall–Kier alpha value is -5.18. The highest BCUT2D eigenvalue weighted by molar-refractivity contribution is 6.07. The fourth-order valence-corrected chi connectivity index (χ4v) is 5.05. The summed E-state index contributed by atoms with van der Waals surface area (Å²) in [6, 6.07) is 27.7. The maximum atomic E-state index is 14.1. The third-order valence-corrected chi connectivity index (χ3v) is 7.34. The molecule has 0 aromatic heterocycles. The molecular formula is C32H30N4O5. The molecule has 0 bridgehead atoms. The zero-order chi connectivity index (χ0) is 29.0. The van der Waals surface area contributed by atoms with Crippen LogP contribution in [0.1, 0.15) is 29.2 Å². The van der Waals surface area contributed by atoms with Gasteiger partial charge in [0.15, 0.2) is 6.61 Å². The quantitative estimate of drug-likeness (QED) is 0.107. The molecule has 4 aromatic rings. The van der Waals surface area contributed by atoms with Gasteiger partial charge in [0.1, 0.15) is 11.3 Å². The predicted octanol–water partition coefficient (Wildman–Crippen LogP) is 4.56. The monoisotopic (exact) mass is 550 g/mol. The SMILES string of the molecule is COC(=O)COc1ccc(C2(C)C(=O)N(Cc3ccc4ccc(C=NN)cc4c3)C(=O)N2Cc2ccccc2)cc1. The van der Waals surface area contributed by atoms with E-state index in [0.29, 0.717) is 11.3 Å². The predicted molar refractivity (Wildman–Crippen MR) is 155 cm³/mol. The molecule has 1 saturated heterocycles. The van der Waals surface area contributed by atoms with E-state index in [9.17, 15) is 14.4 Å². The topological polar surface area (TPSA) is 115 Å². The Morgan fingerprint density at radius 2 is 1.63 bits per heavy atom. The van der Waals surface area contributed by atoms with E-state index in [1.807, 2.05) is 66.7 Å². The van der Waals surface area contributed by atoms with Crippen LogP contribution in [0.3, 0.4) is 0 Å². The second-order valence-electron chi connectivity index (χ2n) is 9.93. The number of rotatable bonds is 9. The zero-order valence-corrected chi connectivity index (χ0v) is 22.8. The number of esters is 1. The molecule has 3 amide bonds. The van der Waals surface area contributed by atoms with E-state index >= 15 is 0 Å². The molecule has 1 unspecified atom stereocenters. The molecule has 1 atom stereocenters. The lowest BCUT2D eigenvalue weighted by Crippen LogP contribution is -2.43. The first-order valence-electron chi connectivity index (χ1n) is 13.1. The molecule has 4 aromatic carbocycles. The van der Waals surface area contributed by atoms with E-state index in [1.165, 1.54) is 12.0 Å². The maximum Gasteiger partial charge on any atom is 0.343 e. The van der Waals surface area contributed by atoms with Crippen molar-refractivity contribution in [3.8, 4) is 5.75 Å². The number of nitrogens with two attached hydrogens (primary N) is 1. The number of carbonyl (C=O) groups is 3. The molecule has 1 heterocycles. The second-order valence-corrected chi connectivity index (χ2v) is 9.93. The molecule has 0 radical (unpaired) electrons. The molecule has 9 heteroatoms. The van der Waals surface area contributed by atoms with E-state index in [0.717, 1.165) is 27.5 Å². The summed E-state index contributed by atoms with van der Waals surface area (Å²) in [6.07, 6.45) is 1.57. The van der Waals surface area contributed by atoms with Crippen molar-refractivity contribution in [2.45, 2.75) is 25.6 Å². The lowest BCUT2D eigenvalue weighted by Gasteiger charge is -2.32. The minimum atomic E-state index is -1.27. The highest BCUT2D eigenvalue weighted by atomic mass is 16.6. The smallest absolute Gasteiger partial charge is 0.343 e. The van der Waals surface area contributed by atoms with Crippen LogP contribution < -0.4 is 10.6 Å². The Labute approximate surface area is 237 Å². The number of fused-ring (bicyclic) bond motifs is 1. The van der Waals surface area contributed by atoms with Crippen LogP contribution in [0.4, 0.5) is 4.79 Å². The average molecular weight is 551 g/mol. The van der Waals surface area contributed by atoms with Gasteiger partial charge in [-0.25, -0.2) is 9.59 Å². The molecule has 41 heavy (non-hydrogen) atoms. The number of imide groups is 1. The normalized spacial score (nSPS) is 17.0. The molecule has 1 aliphatic rings. The summed E-state index contributed by atoms with van der Waals surface area (Å²) >= 11 is 0. The third kappa shape index (κ3) is 5.47.